The highest BCUT2D eigenvalue weighted by Crippen LogP contribution is 2.12. The van der Waals surface area contributed by atoms with Crippen molar-refractivity contribution in [2.75, 3.05) is 0 Å². The first-order valence-electron chi connectivity index (χ1n) is 6.09. The molecule has 1 amide bonds. The van der Waals surface area contributed by atoms with Gasteiger partial charge in [-0.05, 0) is 40.3 Å². The van der Waals surface area contributed by atoms with Gasteiger partial charge in [-0.15, -0.1) is 5.48 Å². The predicted molar refractivity (Wildman–Crippen MR) is 84.3 cm³/mol. The molecule has 0 aliphatic heterocycles. The van der Waals surface area contributed by atoms with Crippen LogP contribution >= 0.6 is 22.6 Å². The van der Waals surface area contributed by atoms with Gasteiger partial charge in [0.25, 0.3) is 0 Å². The highest BCUT2D eigenvalue weighted by Gasteiger charge is 2.13. The molecule has 0 aliphatic carbocycles. The fourth-order valence-corrected chi connectivity index (χ4v) is 2.13. The SMILES string of the molecule is O=C(NOC(=O)c1ccccc1I)OCc1ccccc1. The molecule has 0 saturated heterocycles. The minimum Gasteiger partial charge on any atom is -0.443 e. The van der Waals surface area contributed by atoms with Gasteiger partial charge in [0, 0.05) is 3.57 Å². The Balaban J connectivity index is 1.79. The third kappa shape index (κ3) is 4.75. The van der Waals surface area contributed by atoms with Gasteiger partial charge in [-0.1, -0.05) is 42.5 Å². The summed E-state index contributed by atoms with van der Waals surface area (Å²) in [6.07, 6.45) is -0.821. The van der Waals surface area contributed by atoms with E-state index in [2.05, 4.69) is 0 Å². The normalized spacial score (nSPS) is 9.76. The molecule has 5 nitrogen and oxygen atoms in total. The van der Waals surface area contributed by atoms with E-state index >= 15 is 0 Å². The van der Waals surface area contributed by atoms with Crippen LogP contribution in [0.3, 0.4) is 0 Å². The van der Waals surface area contributed by atoms with E-state index in [1.54, 1.807) is 24.3 Å². The van der Waals surface area contributed by atoms with Crippen LogP contribution in [0.25, 0.3) is 0 Å². The van der Waals surface area contributed by atoms with Gasteiger partial charge in [0.15, 0.2) is 0 Å². The lowest BCUT2D eigenvalue weighted by atomic mass is 10.2. The number of ether oxygens (including phenoxy) is 1. The van der Waals surface area contributed by atoms with Crippen LogP contribution in [0.5, 0.6) is 0 Å². The number of nitrogens with one attached hydrogen (secondary N) is 1. The summed E-state index contributed by atoms with van der Waals surface area (Å²) in [7, 11) is 0. The smallest absolute Gasteiger partial charge is 0.441 e. The molecule has 2 aromatic rings. The molecule has 0 aliphatic rings. The Bertz CT molecular complexity index is 631. The maximum absolute atomic E-state index is 11.7. The number of hydrogen-bond donors (Lipinski definition) is 1. The molecule has 0 heterocycles. The molecule has 2 aromatic carbocycles. The van der Waals surface area contributed by atoms with Crippen LogP contribution in [-0.4, -0.2) is 12.1 Å². The van der Waals surface area contributed by atoms with Crippen molar-refractivity contribution in [1.29, 1.82) is 0 Å². The summed E-state index contributed by atoms with van der Waals surface area (Å²) >= 11 is 2.01. The fourth-order valence-electron chi connectivity index (χ4n) is 1.52. The molecule has 21 heavy (non-hydrogen) atoms. The summed E-state index contributed by atoms with van der Waals surface area (Å²) in [4.78, 5) is 27.9. The molecule has 0 saturated carbocycles. The average molecular weight is 397 g/mol. The van der Waals surface area contributed by atoms with E-state index in [4.69, 9.17) is 9.57 Å². The van der Waals surface area contributed by atoms with Crippen molar-refractivity contribution < 1.29 is 19.2 Å². The molecular formula is C15H12INO4. The van der Waals surface area contributed by atoms with E-state index in [0.717, 1.165) is 9.13 Å². The molecule has 108 valence electrons. The summed E-state index contributed by atoms with van der Waals surface area (Å²) < 4.78 is 5.65. The van der Waals surface area contributed by atoms with Crippen LogP contribution in [0.4, 0.5) is 4.79 Å². The summed E-state index contributed by atoms with van der Waals surface area (Å²) in [5, 5.41) is 0. The van der Waals surface area contributed by atoms with Crippen LogP contribution in [0.15, 0.2) is 54.6 Å². The number of hydrogen-bond acceptors (Lipinski definition) is 4. The van der Waals surface area contributed by atoms with E-state index in [-0.39, 0.29) is 6.61 Å². The van der Waals surface area contributed by atoms with E-state index in [1.807, 2.05) is 58.4 Å². The number of rotatable bonds is 3. The van der Waals surface area contributed by atoms with Crippen LogP contribution in [0.2, 0.25) is 0 Å². The summed E-state index contributed by atoms with van der Waals surface area (Å²) in [6.45, 7) is 0.104. The number of carbonyl (C=O) groups excluding carboxylic acids is 2. The standard InChI is InChI=1S/C15H12INO4/c16-13-9-5-4-8-12(13)14(18)21-17-15(19)20-10-11-6-2-1-3-7-11/h1-9H,10H2,(H,17,19). The first-order valence-corrected chi connectivity index (χ1v) is 7.17. The number of carbonyl (C=O) groups is 2. The van der Waals surface area contributed by atoms with Crippen molar-refractivity contribution >= 4 is 34.7 Å². The van der Waals surface area contributed by atoms with Gasteiger partial charge in [0.2, 0.25) is 0 Å². The van der Waals surface area contributed by atoms with Crippen LogP contribution in [0.1, 0.15) is 15.9 Å². The maximum Gasteiger partial charge on any atom is 0.441 e. The fraction of sp³-hybridized carbons (Fsp3) is 0.0667. The molecule has 0 unspecified atom stereocenters. The van der Waals surface area contributed by atoms with Gasteiger partial charge in [-0.3, -0.25) is 0 Å². The summed E-state index contributed by atoms with van der Waals surface area (Å²) in [5.74, 6) is -0.642. The Morgan fingerprint density at radius 2 is 1.67 bits per heavy atom. The Morgan fingerprint density at radius 1 is 1.00 bits per heavy atom. The zero-order valence-corrected chi connectivity index (χ0v) is 13.1. The second-order valence-corrected chi connectivity index (χ2v) is 5.20. The number of hydroxylamine groups is 1. The van der Waals surface area contributed by atoms with E-state index in [1.165, 1.54) is 0 Å². The molecule has 0 fully saturated rings. The largest absolute Gasteiger partial charge is 0.443 e. The molecule has 6 heteroatoms. The third-order valence-electron chi connectivity index (χ3n) is 2.53. The number of benzene rings is 2. The molecule has 2 rings (SSSR count). The molecule has 0 radical (unpaired) electrons. The van der Waals surface area contributed by atoms with E-state index in [0.29, 0.717) is 5.56 Å². The van der Waals surface area contributed by atoms with Gasteiger partial charge < -0.3 is 9.57 Å². The topological polar surface area (TPSA) is 64.6 Å². The Hall–Kier alpha value is -2.09. The molecule has 0 atom stereocenters. The van der Waals surface area contributed by atoms with Gasteiger partial charge in [-0.25, -0.2) is 9.59 Å². The Labute approximate surface area is 135 Å². The zero-order valence-electron chi connectivity index (χ0n) is 10.9. The van der Waals surface area contributed by atoms with Crippen molar-refractivity contribution in [1.82, 2.24) is 5.48 Å². The zero-order chi connectivity index (χ0) is 15.1. The van der Waals surface area contributed by atoms with Gasteiger partial charge >= 0.3 is 12.1 Å². The second kappa shape index (κ2) is 7.63. The Morgan fingerprint density at radius 3 is 2.38 bits per heavy atom. The summed E-state index contributed by atoms with van der Waals surface area (Å²) in [5.41, 5.74) is 3.18. The second-order valence-electron chi connectivity index (χ2n) is 4.03. The lowest BCUT2D eigenvalue weighted by Crippen LogP contribution is -2.28. The van der Waals surface area contributed by atoms with Crippen molar-refractivity contribution in [2.24, 2.45) is 0 Å². The van der Waals surface area contributed by atoms with Crippen LogP contribution < -0.4 is 5.48 Å². The lowest BCUT2D eigenvalue weighted by Gasteiger charge is -2.07. The molecule has 0 bridgehead atoms. The lowest BCUT2D eigenvalue weighted by molar-refractivity contribution is 0.0196. The highest BCUT2D eigenvalue weighted by atomic mass is 127. The van der Waals surface area contributed by atoms with Crippen molar-refractivity contribution in [3.05, 3.63) is 69.3 Å². The van der Waals surface area contributed by atoms with Crippen molar-refractivity contribution in [2.45, 2.75) is 6.61 Å². The van der Waals surface area contributed by atoms with Crippen LogP contribution in [-0.2, 0) is 16.2 Å². The third-order valence-corrected chi connectivity index (χ3v) is 3.47. The van der Waals surface area contributed by atoms with Gasteiger partial charge in [0.05, 0.1) is 5.56 Å². The van der Waals surface area contributed by atoms with Gasteiger partial charge in [-0.2, -0.15) is 0 Å². The minimum atomic E-state index is -0.821. The average Bonchev–Trinajstić information content (AvgIpc) is 2.52. The quantitative estimate of drug-likeness (QED) is 0.638. The molecule has 1 N–H and O–H groups in total. The first-order chi connectivity index (χ1) is 10.2. The highest BCUT2D eigenvalue weighted by molar-refractivity contribution is 14.1. The van der Waals surface area contributed by atoms with Crippen molar-refractivity contribution in [3.63, 3.8) is 0 Å². The Kier molecular flexibility index (Phi) is 5.56. The first kappa shape index (κ1) is 15.3. The summed E-state index contributed by atoms with van der Waals surface area (Å²) in [6, 6.07) is 16.1. The van der Waals surface area contributed by atoms with Crippen molar-refractivity contribution in [3.8, 4) is 0 Å². The van der Waals surface area contributed by atoms with Gasteiger partial charge in [0.1, 0.15) is 6.61 Å². The molecule has 0 spiro atoms. The molecular weight excluding hydrogens is 385 g/mol. The number of halogens is 1. The molecule has 0 aromatic heterocycles. The number of amides is 1. The predicted octanol–water partition coefficient (Wildman–Crippen LogP) is 3.29. The minimum absolute atomic E-state index is 0.104. The van der Waals surface area contributed by atoms with Crippen LogP contribution in [0, 0.1) is 3.57 Å². The maximum atomic E-state index is 11.7. The van der Waals surface area contributed by atoms with E-state index in [9.17, 15) is 9.59 Å². The monoisotopic (exact) mass is 397 g/mol. The van der Waals surface area contributed by atoms with E-state index < -0.39 is 12.1 Å².